The van der Waals surface area contributed by atoms with Crippen LogP contribution < -0.4 is 5.43 Å². The van der Waals surface area contributed by atoms with E-state index in [1.165, 1.54) is 35.3 Å². The van der Waals surface area contributed by atoms with E-state index < -0.39 is 0 Å². The van der Waals surface area contributed by atoms with E-state index in [1.807, 2.05) is 6.92 Å². The minimum atomic E-state index is 0.825. The monoisotopic (exact) mass is 336 g/mol. The second-order valence-electron chi connectivity index (χ2n) is 6.29. The third kappa shape index (κ3) is 2.80. The number of hydrogen-bond donors (Lipinski definition) is 1. The van der Waals surface area contributed by atoms with Crippen molar-refractivity contribution in [3.8, 4) is 0 Å². The van der Waals surface area contributed by atoms with E-state index in [1.54, 1.807) is 17.7 Å². The highest BCUT2D eigenvalue weighted by Crippen LogP contribution is 2.38. The topological polar surface area (TPSA) is 50.2 Å². The van der Waals surface area contributed by atoms with Crippen molar-refractivity contribution in [3.05, 3.63) is 52.2 Å². The summed E-state index contributed by atoms with van der Waals surface area (Å²) in [5.74, 6) is 0.825. The molecule has 1 N–H and O–H groups in total. The van der Waals surface area contributed by atoms with Crippen molar-refractivity contribution in [3.63, 3.8) is 0 Å². The molecule has 0 amide bonds. The Labute approximate surface area is 145 Å². The molecule has 3 aromatic rings. The Balaban J connectivity index is 1.68. The first-order valence-electron chi connectivity index (χ1n) is 8.35. The molecule has 0 spiro atoms. The Morgan fingerprint density at radius 2 is 1.92 bits per heavy atom. The lowest BCUT2D eigenvalue weighted by Crippen LogP contribution is -2.03. The van der Waals surface area contributed by atoms with Gasteiger partial charge in [0.25, 0.3) is 0 Å². The van der Waals surface area contributed by atoms with Gasteiger partial charge >= 0.3 is 0 Å². The summed E-state index contributed by atoms with van der Waals surface area (Å²) in [6.45, 7) is 4.10. The number of fused-ring (bicyclic) bond motifs is 3. The standard InChI is InChI=1S/C19H20N4S/c1-12-7-9-14(10-8-12)13(2)22-23-18-17-15-5-3-4-6-16(15)24-19(17)21-11-20-18/h7-11H,3-6H2,1-2H3,(H,20,21,23)/b22-13+. The number of anilines is 1. The fraction of sp³-hybridized carbons (Fsp3) is 0.316. The number of benzene rings is 1. The predicted molar refractivity (Wildman–Crippen MR) is 101 cm³/mol. The summed E-state index contributed by atoms with van der Waals surface area (Å²) in [4.78, 5) is 11.4. The van der Waals surface area contributed by atoms with Crippen LogP contribution in [0.25, 0.3) is 10.2 Å². The highest BCUT2D eigenvalue weighted by atomic mass is 32.1. The molecule has 0 saturated carbocycles. The van der Waals surface area contributed by atoms with Gasteiger partial charge in [0.1, 0.15) is 11.2 Å². The van der Waals surface area contributed by atoms with Crippen LogP contribution in [0.2, 0.25) is 0 Å². The lowest BCUT2D eigenvalue weighted by molar-refractivity contribution is 0.700. The highest BCUT2D eigenvalue weighted by molar-refractivity contribution is 7.19. The van der Waals surface area contributed by atoms with E-state index in [2.05, 4.69) is 51.7 Å². The fourth-order valence-corrected chi connectivity index (χ4v) is 4.40. The number of hydrazone groups is 1. The van der Waals surface area contributed by atoms with Crippen molar-refractivity contribution in [1.82, 2.24) is 9.97 Å². The van der Waals surface area contributed by atoms with Crippen LogP contribution in [0.5, 0.6) is 0 Å². The summed E-state index contributed by atoms with van der Waals surface area (Å²) in [7, 11) is 0. The second kappa shape index (κ2) is 6.32. The zero-order valence-electron chi connectivity index (χ0n) is 14.0. The third-order valence-electron chi connectivity index (χ3n) is 4.55. The molecular formula is C19H20N4S. The van der Waals surface area contributed by atoms with Crippen molar-refractivity contribution < 1.29 is 0 Å². The maximum atomic E-state index is 4.55. The van der Waals surface area contributed by atoms with E-state index in [9.17, 15) is 0 Å². The summed E-state index contributed by atoms with van der Waals surface area (Å²) in [6, 6.07) is 8.40. The zero-order chi connectivity index (χ0) is 16.5. The van der Waals surface area contributed by atoms with Gasteiger partial charge in [0, 0.05) is 4.88 Å². The van der Waals surface area contributed by atoms with E-state index in [4.69, 9.17) is 0 Å². The molecule has 4 rings (SSSR count). The molecule has 0 saturated heterocycles. The molecule has 2 heterocycles. The van der Waals surface area contributed by atoms with Crippen molar-refractivity contribution in [2.45, 2.75) is 39.5 Å². The van der Waals surface area contributed by atoms with Gasteiger partial charge in [-0.3, -0.25) is 5.43 Å². The first-order valence-corrected chi connectivity index (χ1v) is 9.16. The number of thiophene rings is 1. The van der Waals surface area contributed by atoms with Crippen molar-refractivity contribution in [1.29, 1.82) is 0 Å². The van der Waals surface area contributed by atoms with Gasteiger partial charge in [0.2, 0.25) is 0 Å². The molecule has 1 aliphatic carbocycles. The summed E-state index contributed by atoms with van der Waals surface area (Å²) >= 11 is 1.81. The minimum absolute atomic E-state index is 0.825. The Hall–Kier alpha value is -2.27. The highest BCUT2D eigenvalue weighted by Gasteiger charge is 2.19. The van der Waals surface area contributed by atoms with Gasteiger partial charge in [-0.05, 0) is 50.7 Å². The Kier molecular flexibility index (Phi) is 4.02. The fourth-order valence-electron chi connectivity index (χ4n) is 3.17. The maximum absolute atomic E-state index is 4.55. The summed E-state index contributed by atoms with van der Waals surface area (Å²) in [5.41, 5.74) is 7.92. The molecule has 0 fully saturated rings. The molecule has 122 valence electrons. The van der Waals surface area contributed by atoms with Gasteiger partial charge < -0.3 is 0 Å². The molecule has 2 aromatic heterocycles. The van der Waals surface area contributed by atoms with Gasteiger partial charge in [0.05, 0.1) is 11.1 Å². The molecule has 0 bridgehead atoms. The third-order valence-corrected chi connectivity index (χ3v) is 5.75. The molecule has 5 heteroatoms. The number of nitrogens with zero attached hydrogens (tertiary/aromatic N) is 3. The second-order valence-corrected chi connectivity index (χ2v) is 7.37. The van der Waals surface area contributed by atoms with E-state index >= 15 is 0 Å². The van der Waals surface area contributed by atoms with Crippen molar-refractivity contribution >= 4 is 33.1 Å². The largest absolute Gasteiger partial charge is 0.260 e. The van der Waals surface area contributed by atoms with Crippen molar-refractivity contribution in [2.24, 2.45) is 5.10 Å². The lowest BCUT2D eigenvalue weighted by atomic mass is 9.97. The number of hydrogen-bond acceptors (Lipinski definition) is 5. The van der Waals surface area contributed by atoms with Gasteiger partial charge in [-0.25, -0.2) is 9.97 Å². The van der Waals surface area contributed by atoms with Crippen LogP contribution in [0.1, 0.15) is 41.3 Å². The molecule has 4 nitrogen and oxygen atoms in total. The average molecular weight is 336 g/mol. The van der Waals surface area contributed by atoms with Crippen LogP contribution in [-0.4, -0.2) is 15.7 Å². The van der Waals surface area contributed by atoms with Crippen LogP contribution in [0.15, 0.2) is 35.7 Å². The van der Waals surface area contributed by atoms with Gasteiger partial charge in [-0.2, -0.15) is 5.10 Å². The molecule has 0 aliphatic heterocycles. The SMILES string of the molecule is C/C(=N\Nc1ncnc2sc3c(c12)CCCC3)c1ccc(C)cc1. The van der Waals surface area contributed by atoms with Gasteiger partial charge in [-0.15, -0.1) is 11.3 Å². The van der Waals surface area contributed by atoms with Crippen LogP contribution in [-0.2, 0) is 12.8 Å². The molecular weight excluding hydrogens is 316 g/mol. The van der Waals surface area contributed by atoms with Crippen LogP contribution >= 0.6 is 11.3 Å². The van der Waals surface area contributed by atoms with Gasteiger partial charge in [0.15, 0.2) is 5.82 Å². The number of aryl methyl sites for hydroxylation is 3. The number of nitrogens with one attached hydrogen (secondary N) is 1. The van der Waals surface area contributed by atoms with E-state index in [0.29, 0.717) is 0 Å². The van der Waals surface area contributed by atoms with E-state index in [-0.39, 0.29) is 0 Å². The first kappa shape index (κ1) is 15.3. The normalized spacial score (nSPS) is 14.7. The Morgan fingerprint density at radius 3 is 2.75 bits per heavy atom. The molecule has 1 aliphatic rings. The summed E-state index contributed by atoms with van der Waals surface area (Å²) in [6.07, 6.45) is 6.45. The molecule has 0 radical (unpaired) electrons. The van der Waals surface area contributed by atoms with Crippen LogP contribution in [0.3, 0.4) is 0 Å². The Bertz CT molecular complexity index is 909. The molecule has 24 heavy (non-hydrogen) atoms. The lowest BCUT2D eigenvalue weighted by Gasteiger charge is -2.11. The molecule has 0 unspecified atom stereocenters. The summed E-state index contributed by atoms with van der Waals surface area (Å²) < 4.78 is 0. The smallest absolute Gasteiger partial charge is 0.158 e. The van der Waals surface area contributed by atoms with E-state index in [0.717, 1.165) is 33.7 Å². The minimum Gasteiger partial charge on any atom is -0.260 e. The van der Waals surface area contributed by atoms with Gasteiger partial charge in [-0.1, -0.05) is 29.8 Å². The Morgan fingerprint density at radius 1 is 1.12 bits per heavy atom. The maximum Gasteiger partial charge on any atom is 0.158 e. The zero-order valence-corrected chi connectivity index (χ0v) is 14.8. The first-order chi connectivity index (χ1) is 11.7. The number of rotatable bonds is 3. The number of aromatic nitrogens is 2. The predicted octanol–water partition coefficient (Wildman–Crippen LogP) is 4.71. The molecule has 0 atom stereocenters. The van der Waals surface area contributed by atoms with Crippen LogP contribution in [0.4, 0.5) is 5.82 Å². The van der Waals surface area contributed by atoms with Crippen molar-refractivity contribution in [2.75, 3.05) is 5.43 Å². The summed E-state index contributed by atoms with van der Waals surface area (Å²) in [5, 5.41) is 5.72. The van der Waals surface area contributed by atoms with Crippen LogP contribution in [0, 0.1) is 6.92 Å². The average Bonchev–Trinajstić information content (AvgIpc) is 2.99. The molecule has 1 aromatic carbocycles. The quantitative estimate of drug-likeness (QED) is 0.556.